The lowest BCUT2D eigenvalue weighted by Crippen LogP contribution is -2.52. The molecule has 0 radical (unpaired) electrons. The third-order valence-electron chi connectivity index (χ3n) is 2.83. The number of alkyl carbamates (subject to hydrolysis) is 1. The van der Waals surface area contributed by atoms with Crippen LogP contribution in [0.3, 0.4) is 0 Å². The van der Waals surface area contributed by atoms with Crippen LogP contribution in [-0.2, 0) is 25.7 Å². The third-order valence-corrected chi connectivity index (χ3v) is 2.83. The number of amides is 3. The van der Waals surface area contributed by atoms with E-state index in [0.29, 0.717) is 0 Å². The fourth-order valence-electron chi connectivity index (χ4n) is 1.64. The Morgan fingerprint density at radius 2 is 1.78 bits per heavy atom. The average molecular weight is 321 g/mol. The van der Waals surface area contributed by atoms with Crippen LogP contribution in [0, 0.1) is 0 Å². The molecular weight excluding hydrogens is 302 g/mol. The molecule has 1 atom stereocenters. The summed E-state index contributed by atoms with van der Waals surface area (Å²) in [6, 6.07) is 7.77. The summed E-state index contributed by atoms with van der Waals surface area (Å²) in [4.78, 5) is 46.0. The fraction of sp³-hybridized carbons (Fsp3) is 0.333. The summed E-state index contributed by atoms with van der Waals surface area (Å²) in [7, 11) is 1.30. The zero-order valence-electron chi connectivity index (χ0n) is 12.9. The second kappa shape index (κ2) is 9.19. The molecular formula is C15H19N3O5. The number of carbonyl (C=O) groups is 4. The Kier molecular flexibility index (Phi) is 7.25. The van der Waals surface area contributed by atoms with Gasteiger partial charge in [-0.05, 0) is 5.56 Å². The molecule has 1 aromatic carbocycles. The molecule has 0 aliphatic carbocycles. The molecule has 0 saturated heterocycles. The van der Waals surface area contributed by atoms with Crippen LogP contribution < -0.4 is 16.0 Å². The summed E-state index contributed by atoms with van der Waals surface area (Å²) in [6.45, 7) is 1.07. The van der Waals surface area contributed by atoms with E-state index in [1.807, 2.05) is 6.07 Å². The van der Waals surface area contributed by atoms with Crippen LogP contribution >= 0.6 is 0 Å². The van der Waals surface area contributed by atoms with E-state index in [4.69, 9.17) is 4.74 Å². The summed E-state index contributed by atoms with van der Waals surface area (Å²) < 4.78 is 4.98. The van der Waals surface area contributed by atoms with Crippen molar-refractivity contribution in [1.82, 2.24) is 16.0 Å². The molecule has 0 aromatic heterocycles. The molecule has 0 aliphatic heterocycles. The molecule has 8 heteroatoms. The van der Waals surface area contributed by atoms with Crippen molar-refractivity contribution in [3.8, 4) is 0 Å². The van der Waals surface area contributed by atoms with Crippen molar-refractivity contribution in [2.45, 2.75) is 19.6 Å². The second-order valence-electron chi connectivity index (χ2n) is 4.64. The molecule has 23 heavy (non-hydrogen) atoms. The molecule has 3 N–H and O–H groups in total. The van der Waals surface area contributed by atoms with Gasteiger partial charge in [0.25, 0.3) is 5.91 Å². The maximum Gasteiger partial charge on any atom is 0.408 e. The molecule has 1 unspecified atom stereocenters. The van der Waals surface area contributed by atoms with Crippen LogP contribution in [0.15, 0.2) is 30.3 Å². The Labute approximate surface area is 133 Å². The minimum absolute atomic E-state index is 0.0215. The van der Waals surface area contributed by atoms with E-state index >= 15 is 0 Å². The lowest BCUT2D eigenvalue weighted by atomic mass is 10.1. The number of benzene rings is 1. The van der Waals surface area contributed by atoms with Gasteiger partial charge >= 0.3 is 6.09 Å². The van der Waals surface area contributed by atoms with Gasteiger partial charge in [0.05, 0.1) is 0 Å². The Morgan fingerprint density at radius 3 is 2.35 bits per heavy atom. The lowest BCUT2D eigenvalue weighted by molar-refractivity contribution is -0.138. The number of nitrogens with one attached hydrogen (secondary N) is 3. The number of hydrogen-bond acceptors (Lipinski definition) is 5. The number of hydrogen-bond donors (Lipinski definition) is 3. The zero-order chi connectivity index (χ0) is 17.2. The van der Waals surface area contributed by atoms with Gasteiger partial charge < -0.3 is 20.7 Å². The second-order valence-corrected chi connectivity index (χ2v) is 4.64. The molecule has 3 amide bonds. The summed E-state index contributed by atoms with van der Waals surface area (Å²) in [5.41, 5.74) is 0.777. The normalized spacial score (nSPS) is 11.0. The molecule has 8 nitrogen and oxygen atoms in total. The standard InChI is InChI=1S/C15H19N3O5/c1-10(19)17-8-12(13(20)14(21)16-2)18-15(22)23-9-11-6-4-3-5-7-11/h3-7,12H,8-9H2,1-2H3,(H,16,21)(H,17,19)(H,18,22). The van der Waals surface area contributed by atoms with Gasteiger partial charge in [-0.1, -0.05) is 30.3 Å². The number of carbonyl (C=O) groups excluding carboxylic acids is 4. The smallest absolute Gasteiger partial charge is 0.408 e. The molecule has 0 saturated carbocycles. The Balaban J connectivity index is 2.60. The van der Waals surface area contributed by atoms with Gasteiger partial charge in [0, 0.05) is 20.5 Å². The topological polar surface area (TPSA) is 114 Å². The summed E-state index contributed by atoms with van der Waals surface area (Å²) in [5, 5.41) is 6.82. The van der Waals surface area contributed by atoms with Crippen molar-refractivity contribution < 1.29 is 23.9 Å². The highest BCUT2D eigenvalue weighted by atomic mass is 16.5. The van der Waals surface area contributed by atoms with Gasteiger partial charge in [-0.15, -0.1) is 0 Å². The number of ether oxygens (including phenoxy) is 1. The van der Waals surface area contributed by atoms with E-state index in [2.05, 4.69) is 16.0 Å². The van der Waals surface area contributed by atoms with Crippen LogP contribution in [0.2, 0.25) is 0 Å². The van der Waals surface area contributed by atoms with Crippen molar-refractivity contribution >= 4 is 23.7 Å². The van der Waals surface area contributed by atoms with Crippen molar-refractivity contribution in [3.05, 3.63) is 35.9 Å². The lowest BCUT2D eigenvalue weighted by Gasteiger charge is -2.17. The van der Waals surface area contributed by atoms with Gasteiger partial charge in [-0.3, -0.25) is 14.4 Å². The van der Waals surface area contributed by atoms with Crippen LogP contribution in [0.25, 0.3) is 0 Å². The van der Waals surface area contributed by atoms with Crippen LogP contribution in [0.1, 0.15) is 12.5 Å². The third kappa shape index (κ3) is 6.60. The van der Waals surface area contributed by atoms with Gasteiger partial charge in [0.1, 0.15) is 12.6 Å². The van der Waals surface area contributed by atoms with Crippen molar-refractivity contribution in [2.75, 3.05) is 13.6 Å². The maximum absolute atomic E-state index is 11.9. The van der Waals surface area contributed by atoms with Crippen molar-refractivity contribution in [1.29, 1.82) is 0 Å². The first-order valence-corrected chi connectivity index (χ1v) is 6.91. The minimum Gasteiger partial charge on any atom is -0.445 e. The zero-order valence-corrected chi connectivity index (χ0v) is 12.9. The molecule has 0 aliphatic rings. The van der Waals surface area contributed by atoms with Gasteiger partial charge in [-0.2, -0.15) is 0 Å². The summed E-state index contributed by atoms with van der Waals surface area (Å²) >= 11 is 0. The van der Waals surface area contributed by atoms with E-state index in [1.165, 1.54) is 14.0 Å². The molecule has 124 valence electrons. The van der Waals surface area contributed by atoms with Crippen LogP contribution in [0.4, 0.5) is 4.79 Å². The number of likely N-dealkylation sites (N-methyl/N-ethyl adjacent to an activating group) is 1. The van der Waals surface area contributed by atoms with Gasteiger partial charge in [0.2, 0.25) is 11.7 Å². The first-order chi connectivity index (χ1) is 10.9. The molecule has 1 rings (SSSR count). The van der Waals surface area contributed by atoms with Crippen LogP contribution in [-0.4, -0.2) is 43.3 Å². The van der Waals surface area contributed by atoms with Gasteiger partial charge in [0.15, 0.2) is 0 Å². The fourth-order valence-corrected chi connectivity index (χ4v) is 1.64. The molecule has 0 heterocycles. The van der Waals surface area contributed by atoms with E-state index < -0.39 is 23.8 Å². The molecule has 0 fully saturated rings. The van der Waals surface area contributed by atoms with Gasteiger partial charge in [-0.25, -0.2) is 4.79 Å². The predicted molar refractivity (Wildman–Crippen MR) is 81.3 cm³/mol. The average Bonchev–Trinajstić information content (AvgIpc) is 2.56. The highest BCUT2D eigenvalue weighted by Crippen LogP contribution is 2.01. The predicted octanol–water partition coefficient (Wildman–Crippen LogP) is -0.267. The highest BCUT2D eigenvalue weighted by Gasteiger charge is 2.26. The Morgan fingerprint density at radius 1 is 1.13 bits per heavy atom. The monoisotopic (exact) mass is 321 g/mol. The Hall–Kier alpha value is -2.90. The number of rotatable bonds is 7. The Bertz CT molecular complexity index is 574. The largest absolute Gasteiger partial charge is 0.445 e. The van der Waals surface area contributed by atoms with Crippen molar-refractivity contribution in [2.24, 2.45) is 0 Å². The van der Waals surface area contributed by atoms with Crippen molar-refractivity contribution in [3.63, 3.8) is 0 Å². The number of Topliss-reactive ketones (excluding diaryl/α,β-unsaturated/α-hetero) is 1. The summed E-state index contributed by atoms with van der Waals surface area (Å²) in [5.74, 6) is -2.14. The van der Waals surface area contributed by atoms with E-state index in [1.54, 1.807) is 24.3 Å². The number of ketones is 1. The molecule has 0 spiro atoms. The summed E-state index contributed by atoms with van der Waals surface area (Å²) in [6.07, 6.45) is -0.860. The SMILES string of the molecule is CNC(=O)C(=O)C(CNC(C)=O)NC(=O)OCc1ccccc1. The minimum atomic E-state index is -1.21. The molecule has 0 bridgehead atoms. The quantitative estimate of drug-likeness (QED) is 0.598. The molecule has 1 aromatic rings. The first kappa shape index (κ1) is 18.1. The maximum atomic E-state index is 11.9. The van der Waals surface area contributed by atoms with E-state index in [9.17, 15) is 19.2 Å². The van der Waals surface area contributed by atoms with E-state index in [0.717, 1.165) is 5.56 Å². The highest BCUT2D eigenvalue weighted by molar-refractivity contribution is 6.38. The van der Waals surface area contributed by atoms with E-state index in [-0.39, 0.29) is 19.1 Å². The van der Waals surface area contributed by atoms with Crippen LogP contribution in [0.5, 0.6) is 0 Å². The first-order valence-electron chi connectivity index (χ1n) is 6.91.